The van der Waals surface area contributed by atoms with Crippen LogP contribution >= 0.6 is 0 Å². The molecule has 0 saturated carbocycles. The third-order valence-electron chi connectivity index (χ3n) is 2.66. The molecule has 21 heavy (non-hydrogen) atoms. The number of carboxylic acids is 1. The first kappa shape index (κ1) is 14.4. The van der Waals surface area contributed by atoms with Crippen molar-refractivity contribution >= 4 is 17.8 Å². The molecule has 2 aromatic rings. The maximum Gasteiger partial charge on any atom is 0.358 e. The number of aryl methyl sites for hydroxylation is 1. The van der Waals surface area contributed by atoms with Crippen LogP contribution in [0.2, 0.25) is 0 Å². The number of carboxylic acid groups (broad SMARTS) is 1. The SMILES string of the molecule is COC(=O)c1ccc(NC(C(=O)O)c2cnn(C)c2)nn1. The van der Waals surface area contributed by atoms with Gasteiger partial charge < -0.3 is 15.2 Å². The zero-order valence-corrected chi connectivity index (χ0v) is 11.3. The number of aromatic nitrogens is 4. The molecule has 0 fully saturated rings. The van der Waals surface area contributed by atoms with Gasteiger partial charge in [0.05, 0.1) is 13.3 Å². The van der Waals surface area contributed by atoms with E-state index in [9.17, 15) is 14.7 Å². The summed E-state index contributed by atoms with van der Waals surface area (Å²) in [6, 6.07) is 1.83. The maximum atomic E-state index is 11.3. The third kappa shape index (κ3) is 3.32. The number of hydrogen-bond donors (Lipinski definition) is 2. The predicted octanol–water partition coefficient (Wildman–Crippen LogP) is 0.234. The molecular weight excluding hydrogens is 278 g/mol. The van der Waals surface area contributed by atoms with E-state index in [1.807, 2.05) is 0 Å². The summed E-state index contributed by atoms with van der Waals surface area (Å²) in [6.45, 7) is 0. The molecule has 2 N–H and O–H groups in total. The minimum Gasteiger partial charge on any atom is -0.479 e. The van der Waals surface area contributed by atoms with Gasteiger partial charge in [0.2, 0.25) is 0 Å². The molecule has 2 heterocycles. The van der Waals surface area contributed by atoms with Gasteiger partial charge in [0.15, 0.2) is 11.7 Å². The highest BCUT2D eigenvalue weighted by Crippen LogP contribution is 2.17. The Balaban J connectivity index is 2.18. The van der Waals surface area contributed by atoms with Crippen LogP contribution < -0.4 is 5.32 Å². The Labute approximate surface area is 119 Å². The minimum atomic E-state index is -1.08. The van der Waals surface area contributed by atoms with E-state index < -0.39 is 18.0 Å². The summed E-state index contributed by atoms with van der Waals surface area (Å²) >= 11 is 0. The number of carbonyl (C=O) groups is 2. The van der Waals surface area contributed by atoms with Gasteiger partial charge in [-0.25, -0.2) is 9.59 Å². The first-order chi connectivity index (χ1) is 10.0. The fraction of sp³-hybridized carbons (Fsp3) is 0.250. The van der Waals surface area contributed by atoms with E-state index in [1.165, 1.54) is 30.1 Å². The molecule has 1 atom stereocenters. The number of carbonyl (C=O) groups excluding carboxylic acids is 1. The Morgan fingerprint density at radius 2 is 2.14 bits per heavy atom. The number of nitrogens with zero attached hydrogens (tertiary/aromatic N) is 4. The van der Waals surface area contributed by atoms with Crippen LogP contribution in [0.4, 0.5) is 5.82 Å². The van der Waals surface area contributed by atoms with Crippen molar-refractivity contribution < 1.29 is 19.4 Å². The second-order valence-electron chi connectivity index (χ2n) is 4.16. The van der Waals surface area contributed by atoms with Gasteiger partial charge in [-0.2, -0.15) is 5.10 Å². The van der Waals surface area contributed by atoms with Gasteiger partial charge in [0, 0.05) is 18.8 Å². The van der Waals surface area contributed by atoms with Crippen LogP contribution in [0, 0.1) is 0 Å². The van der Waals surface area contributed by atoms with E-state index in [2.05, 4.69) is 25.3 Å². The smallest absolute Gasteiger partial charge is 0.358 e. The quantitative estimate of drug-likeness (QED) is 0.751. The Bertz CT molecular complexity index is 652. The number of hydrogen-bond acceptors (Lipinski definition) is 7. The number of rotatable bonds is 5. The number of nitrogens with one attached hydrogen (secondary N) is 1. The largest absolute Gasteiger partial charge is 0.479 e. The van der Waals surface area contributed by atoms with Gasteiger partial charge in [-0.15, -0.1) is 10.2 Å². The van der Waals surface area contributed by atoms with Gasteiger partial charge >= 0.3 is 11.9 Å². The highest BCUT2D eigenvalue weighted by atomic mass is 16.5. The number of methoxy groups -OCH3 is 1. The molecular formula is C12H13N5O4. The summed E-state index contributed by atoms with van der Waals surface area (Å²) in [7, 11) is 2.92. The molecule has 0 aliphatic rings. The van der Waals surface area contributed by atoms with E-state index >= 15 is 0 Å². The molecule has 0 aliphatic carbocycles. The van der Waals surface area contributed by atoms with Crippen LogP contribution in [-0.2, 0) is 16.6 Å². The Morgan fingerprint density at radius 3 is 2.62 bits per heavy atom. The fourth-order valence-corrected chi connectivity index (χ4v) is 1.65. The third-order valence-corrected chi connectivity index (χ3v) is 2.66. The highest BCUT2D eigenvalue weighted by Gasteiger charge is 2.22. The van der Waals surface area contributed by atoms with Crippen LogP contribution in [0.3, 0.4) is 0 Å². The van der Waals surface area contributed by atoms with Crippen LogP contribution in [0.1, 0.15) is 22.1 Å². The second kappa shape index (κ2) is 5.99. The molecule has 2 rings (SSSR count). The Kier molecular flexibility index (Phi) is 4.12. The minimum absolute atomic E-state index is 0.0382. The average Bonchev–Trinajstić information content (AvgIpc) is 2.90. The molecule has 2 aromatic heterocycles. The molecule has 110 valence electrons. The zero-order chi connectivity index (χ0) is 15.4. The highest BCUT2D eigenvalue weighted by molar-refractivity contribution is 5.87. The second-order valence-corrected chi connectivity index (χ2v) is 4.16. The molecule has 0 spiro atoms. The van der Waals surface area contributed by atoms with Crippen molar-refractivity contribution in [3.05, 3.63) is 35.8 Å². The summed E-state index contributed by atoms with van der Waals surface area (Å²) < 4.78 is 6.00. The van der Waals surface area contributed by atoms with Crippen molar-refractivity contribution in [1.29, 1.82) is 0 Å². The summed E-state index contributed by atoms with van der Waals surface area (Å²) in [4.78, 5) is 22.5. The molecule has 9 heteroatoms. The Hall–Kier alpha value is -2.97. The summed E-state index contributed by atoms with van der Waals surface area (Å²) in [5.74, 6) is -1.48. The summed E-state index contributed by atoms with van der Waals surface area (Å²) in [5.41, 5.74) is 0.514. The lowest BCUT2D eigenvalue weighted by Crippen LogP contribution is -2.21. The van der Waals surface area contributed by atoms with E-state index in [4.69, 9.17) is 0 Å². The van der Waals surface area contributed by atoms with E-state index in [-0.39, 0.29) is 11.5 Å². The van der Waals surface area contributed by atoms with E-state index in [1.54, 1.807) is 13.2 Å². The molecule has 0 radical (unpaired) electrons. The Morgan fingerprint density at radius 1 is 1.38 bits per heavy atom. The van der Waals surface area contributed by atoms with E-state index in [0.29, 0.717) is 5.56 Å². The van der Waals surface area contributed by atoms with Crippen LogP contribution in [0.5, 0.6) is 0 Å². The molecule has 0 saturated heterocycles. The number of ether oxygens (including phenoxy) is 1. The van der Waals surface area contributed by atoms with Crippen molar-refractivity contribution in [2.24, 2.45) is 7.05 Å². The van der Waals surface area contributed by atoms with E-state index in [0.717, 1.165) is 0 Å². The predicted molar refractivity (Wildman–Crippen MR) is 70.6 cm³/mol. The summed E-state index contributed by atoms with van der Waals surface area (Å²) in [5, 5.41) is 23.3. The first-order valence-electron chi connectivity index (χ1n) is 5.91. The molecule has 0 bridgehead atoms. The van der Waals surface area contributed by atoms with Crippen molar-refractivity contribution in [1.82, 2.24) is 20.0 Å². The fourth-order valence-electron chi connectivity index (χ4n) is 1.65. The van der Waals surface area contributed by atoms with Crippen LogP contribution in [-0.4, -0.2) is 44.1 Å². The van der Waals surface area contributed by atoms with Gasteiger partial charge in [-0.1, -0.05) is 0 Å². The summed E-state index contributed by atoms with van der Waals surface area (Å²) in [6.07, 6.45) is 3.03. The number of anilines is 1. The zero-order valence-electron chi connectivity index (χ0n) is 11.3. The molecule has 1 unspecified atom stereocenters. The molecule has 0 amide bonds. The lowest BCUT2D eigenvalue weighted by atomic mass is 10.1. The van der Waals surface area contributed by atoms with Gasteiger partial charge in [0.1, 0.15) is 5.82 Å². The maximum absolute atomic E-state index is 11.3. The van der Waals surface area contributed by atoms with Crippen molar-refractivity contribution in [3.8, 4) is 0 Å². The molecule has 0 aromatic carbocycles. The van der Waals surface area contributed by atoms with Crippen molar-refractivity contribution in [2.75, 3.05) is 12.4 Å². The lowest BCUT2D eigenvalue weighted by Gasteiger charge is -2.12. The van der Waals surface area contributed by atoms with Gasteiger partial charge in [-0.3, -0.25) is 4.68 Å². The topological polar surface area (TPSA) is 119 Å². The van der Waals surface area contributed by atoms with Gasteiger partial charge in [0.25, 0.3) is 0 Å². The average molecular weight is 291 g/mol. The standard InChI is InChI=1S/C12H13N5O4/c1-17-6-7(5-13-17)10(11(18)19)14-9-4-3-8(15-16-9)12(20)21-2/h3-6,10H,1-2H3,(H,14,16)(H,18,19). The normalized spacial score (nSPS) is 11.7. The molecule has 0 aliphatic heterocycles. The van der Waals surface area contributed by atoms with Crippen molar-refractivity contribution in [3.63, 3.8) is 0 Å². The molecule has 9 nitrogen and oxygen atoms in total. The number of esters is 1. The lowest BCUT2D eigenvalue weighted by molar-refractivity contribution is -0.138. The van der Waals surface area contributed by atoms with Crippen LogP contribution in [0.15, 0.2) is 24.5 Å². The van der Waals surface area contributed by atoms with Gasteiger partial charge in [-0.05, 0) is 12.1 Å². The van der Waals surface area contributed by atoms with Crippen LogP contribution in [0.25, 0.3) is 0 Å². The monoisotopic (exact) mass is 291 g/mol. The first-order valence-corrected chi connectivity index (χ1v) is 5.91. The number of aliphatic carboxylic acids is 1. The van der Waals surface area contributed by atoms with Crippen molar-refractivity contribution in [2.45, 2.75) is 6.04 Å².